The summed E-state index contributed by atoms with van der Waals surface area (Å²) in [4.78, 5) is 29.0. The zero-order chi connectivity index (χ0) is 30.1. The van der Waals surface area contributed by atoms with Gasteiger partial charge in [0.1, 0.15) is 24.1 Å². The second kappa shape index (κ2) is 14.2. The molecule has 1 unspecified atom stereocenters. The number of amides is 2. The third kappa shape index (κ3) is 7.42. The number of para-hydroxylation sites is 2. The van der Waals surface area contributed by atoms with Gasteiger partial charge in [0.2, 0.25) is 11.8 Å². The summed E-state index contributed by atoms with van der Waals surface area (Å²) >= 11 is 0. The van der Waals surface area contributed by atoms with Crippen LogP contribution in [0.5, 0.6) is 11.5 Å². The molecule has 0 aliphatic heterocycles. The molecule has 0 radical (unpaired) electrons. The second-order valence-corrected chi connectivity index (χ2v) is 12.1. The highest BCUT2D eigenvalue weighted by atomic mass is 32.2. The topological polar surface area (TPSA) is 105 Å². The van der Waals surface area contributed by atoms with Crippen molar-refractivity contribution in [1.29, 1.82) is 0 Å². The fourth-order valence-electron chi connectivity index (χ4n) is 5.08. The Labute approximate surface area is 248 Å². The summed E-state index contributed by atoms with van der Waals surface area (Å²) in [5.41, 5.74) is 1.01. The summed E-state index contributed by atoms with van der Waals surface area (Å²) in [6.45, 7) is 3.37. The van der Waals surface area contributed by atoms with E-state index in [1.807, 2.05) is 12.1 Å². The summed E-state index contributed by atoms with van der Waals surface area (Å²) in [7, 11) is -2.61. The monoisotopic (exact) mass is 593 g/mol. The standard InChI is InChI=1S/C32H39N3O6S/c1-4-41-30-17-11-10-16-29(30)35(42(38,39)28-14-6-5-7-15-28)23-31(36)34(22-25-18-20-27(40-3)21-19-25)24(2)32(37)33-26-12-8-9-13-26/h5-7,10-11,14-21,24,26H,4,8-9,12-13,22-23H2,1-3H3,(H,33,37). The van der Waals surface area contributed by atoms with Crippen molar-refractivity contribution in [2.24, 2.45) is 0 Å². The second-order valence-electron chi connectivity index (χ2n) is 10.3. The zero-order valence-electron chi connectivity index (χ0n) is 24.4. The molecule has 0 bridgehead atoms. The Kier molecular flexibility index (Phi) is 10.5. The predicted molar refractivity (Wildman–Crippen MR) is 162 cm³/mol. The Morgan fingerprint density at radius 3 is 2.24 bits per heavy atom. The van der Waals surface area contributed by atoms with Crippen LogP contribution in [-0.4, -0.2) is 57.5 Å². The molecule has 0 saturated heterocycles. The largest absolute Gasteiger partial charge is 0.497 e. The van der Waals surface area contributed by atoms with Crippen LogP contribution in [-0.2, 0) is 26.2 Å². The summed E-state index contributed by atoms with van der Waals surface area (Å²) in [6, 6.07) is 21.1. The first-order valence-corrected chi connectivity index (χ1v) is 15.7. The number of anilines is 1. The number of methoxy groups -OCH3 is 1. The van der Waals surface area contributed by atoms with Crippen molar-refractivity contribution in [3.63, 3.8) is 0 Å². The van der Waals surface area contributed by atoms with Crippen LogP contribution < -0.4 is 19.1 Å². The maximum absolute atomic E-state index is 14.2. The number of hydrogen-bond acceptors (Lipinski definition) is 6. The van der Waals surface area contributed by atoms with Gasteiger partial charge in [0.25, 0.3) is 10.0 Å². The molecule has 0 heterocycles. The molecule has 4 rings (SSSR count). The van der Waals surface area contributed by atoms with E-state index in [2.05, 4.69) is 5.32 Å². The van der Waals surface area contributed by atoms with E-state index in [0.29, 0.717) is 18.1 Å². The third-order valence-electron chi connectivity index (χ3n) is 7.42. The van der Waals surface area contributed by atoms with Gasteiger partial charge in [-0.1, -0.05) is 55.3 Å². The van der Waals surface area contributed by atoms with Crippen LogP contribution in [0.2, 0.25) is 0 Å². The van der Waals surface area contributed by atoms with E-state index in [0.717, 1.165) is 35.6 Å². The van der Waals surface area contributed by atoms with Crippen molar-refractivity contribution >= 4 is 27.5 Å². The van der Waals surface area contributed by atoms with E-state index in [1.165, 1.54) is 17.0 Å². The lowest BCUT2D eigenvalue weighted by Crippen LogP contribution is -2.52. The maximum Gasteiger partial charge on any atom is 0.264 e. The van der Waals surface area contributed by atoms with Crippen molar-refractivity contribution in [3.8, 4) is 11.5 Å². The lowest BCUT2D eigenvalue weighted by atomic mass is 10.1. The quantitative estimate of drug-likeness (QED) is 0.306. The molecule has 224 valence electrons. The molecule has 1 atom stereocenters. The fraction of sp³-hybridized carbons (Fsp3) is 0.375. The highest BCUT2D eigenvalue weighted by molar-refractivity contribution is 7.92. The Morgan fingerprint density at radius 1 is 0.952 bits per heavy atom. The Bertz CT molecular complexity index is 1440. The third-order valence-corrected chi connectivity index (χ3v) is 9.20. The summed E-state index contributed by atoms with van der Waals surface area (Å²) in [6.07, 6.45) is 3.92. The number of rotatable bonds is 13. The minimum Gasteiger partial charge on any atom is -0.497 e. The molecule has 42 heavy (non-hydrogen) atoms. The van der Waals surface area contributed by atoms with E-state index in [4.69, 9.17) is 9.47 Å². The predicted octanol–water partition coefficient (Wildman–Crippen LogP) is 4.77. The summed E-state index contributed by atoms with van der Waals surface area (Å²) < 4.78 is 40.1. The van der Waals surface area contributed by atoms with Gasteiger partial charge in [-0.05, 0) is 68.7 Å². The molecule has 1 saturated carbocycles. The van der Waals surface area contributed by atoms with Crippen molar-refractivity contribution in [3.05, 3.63) is 84.4 Å². The van der Waals surface area contributed by atoms with Gasteiger partial charge in [-0.25, -0.2) is 8.42 Å². The molecule has 10 heteroatoms. The number of ether oxygens (including phenoxy) is 2. The van der Waals surface area contributed by atoms with Gasteiger partial charge < -0.3 is 19.7 Å². The van der Waals surface area contributed by atoms with E-state index in [1.54, 1.807) is 75.6 Å². The number of carbonyl (C=O) groups is 2. The van der Waals surface area contributed by atoms with Crippen molar-refractivity contribution in [2.75, 3.05) is 24.6 Å². The summed E-state index contributed by atoms with van der Waals surface area (Å²) in [5, 5.41) is 3.08. The van der Waals surface area contributed by atoms with E-state index in [9.17, 15) is 18.0 Å². The molecule has 1 aliphatic carbocycles. The molecule has 3 aromatic carbocycles. The molecular formula is C32H39N3O6S. The number of nitrogens with one attached hydrogen (secondary N) is 1. The van der Waals surface area contributed by atoms with Gasteiger partial charge in [-0.2, -0.15) is 0 Å². The lowest BCUT2D eigenvalue weighted by Gasteiger charge is -2.33. The molecule has 1 aliphatic rings. The Morgan fingerprint density at radius 2 is 1.60 bits per heavy atom. The SMILES string of the molecule is CCOc1ccccc1N(CC(=O)N(Cc1ccc(OC)cc1)C(C)C(=O)NC1CCCC1)S(=O)(=O)c1ccccc1. The zero-order valence-corrected chi connectivity index (χ0v) is 25.2. The lowest BCUT2D eigenvalue weighted by molar-refractivity contribution is -0.139. The fourth-order valence-corrected chi connectivity index (χ4v) is 6.52. The van der Waals surface area contributed by atoms with Gasteiger partial charge in [0, 0.05) is 12.6 Å². The molecule has 2 amide bonds. The number of sulfonamides is 1. The molecule has 1 N–H and O–H groups in total. The molecule has 3 aromatic rings. The molecule has 0 aromatic heterocycles. The first-order chi connectivity index (χ1) is 20.2. The summed E-state index contributed by atoms with van der Waals surface area (Å²) in [5.74, 6) is 0.207. The molecule has 1 fully saturated rings. The smallest absolute Gasteiger partial charge is 0.264 e. The van der Waals surface area contributed by atoms with Crippen LogP contribution in [0.25, 0.3) is 0 Å². The number of nitrogens with zero attached hydrogens (tertiary/aromatic N) is 2. The van der Waals surface area contributed by atoms with E-state index >= 15 is 0 Å². The van der Waals surface area contributed by atoms with Crippen LogP contribution in [0.4, 0.5) is 5.69 Å². The molecular weight excluding hydrogens is 554 g/mol. The van der Waals surface area contributed by atoms with Crippen LogP contribution in [0.1, 0.15) is 45.1 Å². The Hall–Kier alpha value is -4.05. The van der Waals surface area contributed by atoms with Gasteiger partial charge in [-0.15, -0.1) is 0 Å². The van der Waals surface area contributed by atoms with Gasteiger partial charge in [0.15, 0.2) is 0 Å². The number of carbonyl (C=O) groups excluding carboxylic acids is 2. The average molecular weight is 594 g/mol. The van der Waals surface area contributed by atoms with Crippen molar-refractivity contribution in [2.45, 2.75) is 63.1 Å². The maximum atomic E-state index is 14.2. The number of benzene rings is 3. The average Bonchev–Trinajstić information content (AvgIpc) is 3.52. The van der Waals surface area contributed by atoms with Crippen LogP contribution in [0.15, 0.2) is 83.8 Å². The highest BCUT2D eigenvalue weighted by Crippen LogP contribution is 2.33. The van der Waals surface area contributed by atoms with Crippen LogP contribution in [0.3, 0.4) is 0 Å². The van der Waals surface area contributed by atoms with Crippen molar-refractivity contribution < 1.29 is 27.5 Å². The van der Waals surface area contributed by atoms with E-state index in [-0.39, 0.29) is 29.1 Å². The van der Waals surface area contributed by atoms with Gasteiger partial charge in [-0.3, -0.25) is 13.9 Å². The van der Waals surface area contributed by atoms with Crippen LogP contribution >= 0.6 is 0 Å². The molecule has 0 spiro atoms. The Balaban J connectivity index is 1.71. The van der Waals surface area contributed by atoms with Gasteiger partial charge >= 0.3 is 0 Å². The minimum atomic E-state index is -4.18. The highest BCUT2D eigenvalue weighted by Gasteiger charge is 2.34. The van der Waals surface area contributed by atoms with E-state index < -0.39 is 28.5 Å². The normalized spacial score (nSPS) is 14.2. The minimum absolute atomic E-state index is 0.0397. The first-order valence-electron chi connectivity index (χ1n) is 14.3. The van der Waals surface area contributed by atoms with Crippen molar-refractivity contribution in [1.82, 2.24) is 10.2 Å². The number of hydrogen-bond donors (Lipinski definition) is 1. The van der Waals surface area contributed by atoms with Gasteiger partial charge in [0.05, 0.1) is 24.3 Å². The van der Waals surface area contributed by atoms with Crippen LogP contribution in [0, 0.1) is 0 Å². The molecule has 9 nitrogen and oxygen atoms in total. The first kappa shape index (κ1) is 30.9.